The monoisotopic (exact) mass is 451 g/mol. The molecule has 25 heavy (non-hydrogen) atoms. The van der Waals surface area contributed by atoms with Crippen LogP contribution in [0.4, 0.5) is 4.79 Å². The van der Waals surface area contributed by atoms with Gasteiger partial charge in [0.1, 0.15) is 6.61 Å². The van der Waals surface area contributed by atoms with Crippen molar-refractivity contribution in [3.63, 3.8) is 0 Å². The fourth-order valence-corrected chi connectivity index (χ4v) is 3.69. The molecule has 0 bridgehead atoms. The Morgan fingerprint density at radius 2 is 1.64 bits per heavy atom. The van der Waals surface area contributed by atoms with Gasteiger partial charge in [0.2, 0.25) is 0 Å². The van der Waals surface area contributed by atoms with Crippen LogP contribution in [0.1, 0.15) is 23.5 Å². The Bertz CT molecular complexity index is 747. The Balaban J connectivity index is 1.69. The third-order valence-corrected chi connectivity index (χ3v) is 5.34. The number of carboxylic acids is 1. The van der Waals surface area contributed by atoms with Crippen molar-refractivity contribution in [2.45, 2.75) is 18.4 Å². The van der Waals surface area contributed by atoms with Gasteiger partial charge in [-0.1, -0.05) is 71.1 Å². The molecule has 0 aromatic heterocycles. The first-order valence-corrected chi connectivity index (χ1v) is 9.52. The molecule has 0 fully saturated rings. The summed E-state index contributed by atoms with van der Waals surface area (Å²) in [6.07, 6.45) is -0.697. The zero-order valence-electron chi connectivity index (χ0n) is 13.4. The summed E-state index contributed by atoms with van der Waals surface area (Å²) in [5.41, 5.74) is 4.63. The van der Waals surface area contributed by atoms with Gasteiger partial charge in [-0.05, 0) is 22.3 Å². The third kappa shape index (κ3) is 3.95. The molecule has 0 spiro atoms. The third-order valence-electron chi connectivity index (χ3n) is 4.27. The molecule has 6 heteroatoms. The molecular weight excluding hydrogens is 433 g/mol. The van der Waals surface area contributed by atoms with Gasteiger partial charge in [0, 0.05) is 10.3 Å². The Kier molecular flexibility index (Phi) is 5.57. The van der Waals surface area contributed by atoms with Crippen LogP contribution in [0.25, 0.3) is 11.1 Å². The summed E-state index contributed by atoms with van der Waals surface area (Å²) in [5.74, 6) is -0.948. The molecule has 0 saturated carbocycles. The molecule has 2 aromatic rings. The minimum Gasteiger partial charge on any atom is -0.481 e. The smallest absolute Gasteiger partial charge is 0.407 e. The minimum absolute atomic E-state index is 0.00400. The first-order chi connectivity index (χ1) is 12.1. The van der Waals surface area contributed by atoms with Crippen LogP contribution in [-0.2, 0) is 9.53 Å². The van der Waals surface area contributed by atoms with Gasteiger partial charge < -0.3 is 15.2 Å². The van der Waals surface area contributed by atoms with Gasteiger partial charge in [-0.15, -0.1) is 0 Å². The molecule has 0 aliphatic heterocycles. The van der Waals surface area contributed by atoms with E-state index < -0.39 is 18.1 Å². The van der Waals surface area contributed by atoms with Crippen LogP contribution in [0.15, 0.2) is 48.5 Å². The highest BCUT2D eigenvalue weighted by Crippen LogP contribution is 2.44. The predicted octanol–water partition coefficient (Wildman–Crippen LogP) is 3.80. The minimum atomic E-state index is -0.944. The molecular formula is C19H18INO4. The maximum absolute atomic E-state index is 12.0. The fourth-order valence-electron chi connectivity index (χ4n) is 3.16. The van der Waals surface area contributed by atoms with Crippen LogP contribution in [0.2, 0.25) is 0 Å². The number of fused-ring (bicyclic) bond motifs is 3. The van der Waals surface area contributed by atoms with E-state index in [0.717, 1.165) is 11.1 Å². The van der Waals surface area contributed by atoms with E-state index in [0.29, 0.717) is 4.43 Å². The molecule has 1 amide bonds. The summed E-state index contributed by atoms with van der Waals surface area (Å²) in [7, 11) is 0. The van der Waals surface area contributed by atoms with Gasteiger partial charge in [0.15, 0.2) is 0 Å². The number of carboxylic acid groups (broad SMARTS) is 1. The zero-order valence-corrected chi connectivity index (χ0v) is 15.6. The number of rotatable bonds is 6. The largest absolute Gasteiger partial charge is 0.481 e. The van der Waals surface area contributed by atoms with Gasteiger partial charge in [0.25, 0.3) is 0 Å². The highest BCUT2D eigenvalue weighted by atomic mass is 127. The lowest BCUT2D eigenvalue weighted by atomic mass is 9.98. The van der Waals surface area contributed by atoms with Gasteiger partial charge in [0.05, 0.1) is 12.5 Å². The normalized spacial score (nSPS) is 13.6. The SMILES string of the molecule is O=C(O)C[C@@H](CI)NC(=O)OCC1c2ccccc2-c2ccccc21. The van der Waals surface area contributed by atoms with E-state index in [-0.39, 0.29) is 18.9 Å². The lowest BCUT2D eigenvalue weighted by Crippen LogP contribution is -2.38. The Hall–Kier alpha value is -2.09. The van der Waals surface area contributed by atoms with Gasteiger partial charge in [-0.25, -0.2) is 4.79 Å². The second-order valence-electron chi connectivity index (χ2n) is 5.92. The molecule has 5 nitrogen and oxygen atoms in total. The molecule has 2 N–H and O–H groups in total. The van der Waals surface area contributed by atoms with Crippen molar-refractivity contribution in [3.05, 3.63) is 59.7 Å². The molecule has 0 radical (unpaired) electrons. The number of halogens is 1. The number of benzene rings is 2. The van der Waals surface area contributed by atoms with Crippen molar-refractivity contribution in [2.75, 3.05) is 11.0 Å². The Labute approximate surface area is 159 Å². The molecule has 1 aliphatic carbocycles. The average Bonchev–Trinajstić information content (AvgIpc) is 2.93. The van der Waals surface area contributed by atoms with E-state index in [2.05, 4.69) is 29.6 Å². The van der Waals surface area contributed by atoms with Crippen molar-refractivity contribution in [1.82, 2.24) is 5.32 Å². The summed E-state index contributed by atoms with van der Waals surface area (Å²) in [5, 5.41) is 11.5. The topological polar surface area (TPSA) is 75.6 Å². The second kappa shape index (κ2) is 7.86. The first kappa shape index (κ1) is 17.7. The number of alkyl carbamates (subject to hydrolysis) is 1. The standard InChI is InChI=1S/C19H18INO4/c20-10-12(9-18(22)23)21-19(24)25-11-17-15-7-3-1-5-13(15)14-6-2-4-8-16(14)17/h1-8,12,17H,9-11H2,(H,21,24)(H,22,23)/t12-/m0/s1. The van der Waals surface area contributed by atoms with E-state index in [9.17, 15) is 9.59 Å². The van der Waals surface area contributed by atoms with Crippen LogP contribution in [0.5, 0.6) is 0 Å². The summed E-state index contributed by atoms with van der Waals surface area (Å²) < 4.78 is 5.92. The van der Waals surface area contributed by atoms with Gasteiger partial charge >= 0.3 is 12.1 Å². The first-order valence-electron chi connectivity index (χ1n) is 7.99. The molecule has 130 valence electrons. The summed E-state index contributed by atoms with van der Waals surface area (Å²) >= 11 is 2.05. The molecule has 0 unspecified atom stereocenters. The van der Waals surface area contributed by atoms with Crippen molar-refractivity contribution < 1.29 is 19.4 Å². The number of carbonyl (C=O) groups is 2. The lowest BCUT2D eigenvalue weighted by Gasteiger charge is -2.17. The van der Waals surface area contributed by atoms with E-state index in [1.807, 2.05) is 46.9 Å². The summed E-state index contributed by atoms with van der Waals surface area (Å²) in [4.78, 5) is 22.8. The number of hydrogen-bond donors (Lipinski definition) is 2. The summed E-state index contributed by atoms with van der Waals surface area (Å²) in [6.45, 7) is 0.223. The number of carbonyl (C=O) groups excluding carboxylic acids is 1. The summed E-state index contributed by atoms with van der Waals surface area (Å²) in [6, 6.07) is 15.8. The van der Waals surface area contributed by atoms with E-state index in [4.69, 9.17) is 9.84 Å². The van der Waals surface area contributed by atoms with Crippen LogP contribution in [0.3, 0.4) is 0 Å². The molecule has 0 saturated heterocycles. The van der Waals surface area contributed by atoms with E-state index in [1.165, 1.54) is 11.1 Å². The van der Waals surface area contributed by atoms with E-state index in [1.54, 1.807) is 0 Å². The number of ether oxygens (including phenoxy) is 1. The quantitative estimate of drug-likeness (QED) is 0.518. The number of amides is 1. The second-order valence-corrected chi connectivity index (χ2v) is 6.80. The van der Waals surface area contributed by atoms with Crippen LogP contribution >= 0.6 is 22.6 Å². The van der Waals surface area contributed by atoms with Crippen LogP contribution in [0, 0.1) is 0 Å². The molecule has 1 atom stereocenters. The van der Waals surface area contributed by atoms with Crippen LogP contribution in [-0.4, -0.2) is 34.2 Å². The van der Waals surface area contributed by atoms with Crippen molar-refractivity contribution >= 4 is 34.7 Å². The number of nitrogens with one attached hydrogen (secondary N) is 1. The van der Waals surface area contributed by atoms with Crippen molar-refractivity contribution in [2.24, 2.45) is 0 Å². The number of aliphatic carboxylic acids is 1. The van der Waals surface area contributed by atoms with Crippen molar-refractivity contribution in [1.29, 1.82) is 0 Å². The van der Waals surface area contributed by atoms with Gasteiger partial charge in [-0.3, -0.25) is 4.79 Å². The highest BCUT2D eigenvalue weighted by molar-refractivity contribution is 14.1. The molecule has 3 rings (SSSR count). The average molecular weight is 451 g/mol. The molecule has 0 heterocycles. The highest BCUT2D eigenvalue weighted by Gasteiger charge is 2.29. The fraction of sp³-hybridized carbons (Fsp3) is 0.263. The van der Waals surface area contributed by atoms with Crippen LogP contribution < -0.4 is 5.32 Å². The lowest BCUT2D eigenvalue weighted by molar-refractivity contribution is -0.137. The molecule has 2 aromatic carbocycles. The van der Waals surface area contributed by atoms with E-state index >= 15 is 0 Å². The maximum atomic E-state index is 12.0. The number of alkyl halides is 1. The number of hydrogen-bond acceptors (Lipinski definition) is 3. The zero-order chi connectivity index (χ0) is 17.8. The maximum Gasteiger partial charge on any atom is 0.407 e. The Morgan fingerprint density at radius 1 is 1.08 bits per heavy atom. The van der Waals surface area contributed by atoms with Crippen molar-refractivity contribution in [3.8, 4) is 11.1 Å². The Morgan fingerprint density at radius 3 is 2.16 bits per heavy atom. The predicted molar refractivity (Wildman–Crippen MR) is 103 cm³/mol. The van der Waals surface area contributed by atoms with Gasteiger partial charge in [-0.2, -0.15) is 0 Å². The molecule has 1 aliphatic rings.